The molecule has 0 spiro atoms. The molecule has 1 aliphatic carbocycles. The SMILES string of the molecule is Cc1ccc(S(=O)(=O)N2CCC(S(=O)(=O)c3ccccc3)C3=CC(=O)C[C@@H]3C2)cc1. The van der Waals surface area contributed by atoms with E-state index >= 15 is 0 Å². The van der Waals surface area contributed by atoms with E-state index in [4.69, 9.17) is 0 Å². The highest BCUT2D eigenvalue weighted by molar-refractivity contribution is 7.92. The Labute approximate surface area is 177 Å². The summed E-state index contributed by atoms with van der Waals surface area (Å²) in [6, 6.07) is 14.7. The van der Waals surface area contributed by atoms with E-state index in [1.807, 2.05) is 6.92 Å². The average molecular weight is 446 g/mol. The van der Waals surface area contributed by atoms with E-state index in [2.05, 4.69) is 0 Å². The van der Waals surface area contributed by atoms with Gasteiger partial charge in [0.25, 0.3) is 0 Å². The number of allylic oxidation sites excluding steroid dienone is 1. The number of sulfonamides is 1. The lowest BCUT2D eigenvalue weighted by Gasteiger charge is -2.22. The van der Waals surface area contributed by atoms with Gasteiger partial charge in [0.15, 0.2) is 15.6 Å². The zero-order valence-corrected chi connectivity index (χ0v) is 18.2. The van der Waals surface area contributed by atoms with Gasteiger partial charge in [0, 0.05) is 25.4 Å². The largest absolute Gasteiger partial charge is 0.295 e. The molecular weight excluding hydrogens is 422 g/mol. The minimum atomic E-state index is -3.79. The summed E-state index contributed by atoms with van der Waals surface area (Å²) in [5.41, 5.74) is 1.48. The molecule has 158 valence electrons. The zero-order chi connectivity index (χ0) is 21.5. The predicted octanol–water partition coefficient (Wildman–Crippen LogP) is 2.75. The number of fused-ring (bicyclic) bond motifs is 1. The molecule has 1 saturated heterocycles. The fourth-order valence-corrected chi connectivity index (χ4v) is 7.60. The van der Waals surface area contributed by atoms with Crippen molar-refractivity contribution in [2.24, 2.45) is 5.92 Å². The number of carbonyl (C=O) groups is 1. The fourth-order valence-electron chi connectivity index (χ4n) is 4.20. The van der Waals surface area contributed by atoms with Crippen LogP contribution < -0.4 is 0 Å². The van der Waals surface area contributed by atoms with Crippen LogP contribution in [0.25, 0.3) is 0 Å². The van der Waals surface area contributed by atoms with E-state index in [-0.39, 0.29) is 41.5 Å². The molecule has 6 nitrogen and oxygen atoms in total. The molecule has 1 fully saturated rings. The first-order chi connectivity index (χ1) is 14.2. The number of nitrogens with zero attached hydrogens (tertiary/aromatic N) is 1. The third-order valence-electron chi connectivity index (χ3n) is 5.79. The third kappa shape index (κ3) is 3.75. The van der Waals surface area contributed by atoms with Crippen LogP contribution in [-0.2, 0) is 24.7 Å². The highest BCUT2D eigenvalue weighted by Gasteiger charge is 2.43. The first-order valence-corrected chi connectivity index (χ1v) is 12.8. The summed E-state index contributed by atoms with van der Waals surface area (Å²) in [5.74, 6) is -0.582. The summed E-state index contributed by atoms with van der Waals surface area (Å²) in [6.07, 6.45) is 1.66. The third-order valence-corrected chi connectivity index (χ3v) is 9.85. The molecule has 2 aromatic rings. The summed E-state index contributed by atoms with van der Waals surface area (Å²) in [7, 11) is -7.54. The number of carbonyl (C=O) groups excluding carboxylic acids is 1. The van der Waals surface area contributed by atoms with Crippen molar-refractivity contribution in [2.75, 3.05) is 13.1 Å². The number of rotatable bonds is 4. The van der Waals surface area contributed by atoms with E-state index in [0.29, 0.717) is 5.57 Å². The molecule has 1 heterocycles. The van der Waals surface area contributed by atoms with Gasteiger partial charge in [-0.05, 0) is 49.3 Å². The topological polar surface area (TPSA) is 88.6 Å². The molecule has 2 aromatic carbocycles. The maximum atomic E-state index is 13.3. The first-order valence-electron chi connectivity index (χ1n) is 9.79. The number of hydrogen-bond donors (Lipinski definition) is 0. The maximum absolute atomic E-state index is 13.3. The van der Waals surface area contributed by atoms with Gasteiger partial charge in [0.05, 0.1) is 15.0 Å². The summed E-state index contributed by atoms with van der Waals surface area (Å²) in [4.78, 5) is 12.5. The van der Waals surface area contributed by atoms with Crippen molar-refractivity contribution in [3.8, 4) is 0 Å². The fraction of sp³-hybridized carbons (Fsp3) is 0.318. The maximum Gasteiger partial charge on any atom is 0.243 e. The number of ketones is 1. The van der Waals surface area contributed by atoms with Crippen LogP contribution in [0.4, 0.5) is 0 Å². The second kappa shape index (κ2) is 7.76. The van der Waals surface area contributed by atoms with Crippen molar-refractivity contribution >= 4 is 25.6 Å². The van der Waals surface area contributed by atoms with Gasteiger partial charge in [0.2, 0.25) is 10.0 Å². The average Bonchev–Trinajstić information content (AvgIpc) is 2.97. The first kappa shape index (κ1) is 21.0. The summed E-state index contributed by atoms with van der Waals surface area (Å²) < 4.78 is 54.4. The van der Waals surface area contributed by atoms with Crippen molar-refractivity contribution < 1.29 is 21.6 Å². The van der Waals surface area contributed by atoms with Gasteiger partial charge in [-0.3, -0.25) is 4.79 Å². The predicted molar refractivity (Wildman–Crippen MR) is 113 cm³/mol. The van der Waals surface area contributed by atoms with Crippen LogP contribution in [0, 0.1) is 12.8 Å². The Hall–Kier alpha value is -2.29. The molecule has 0 radical (unpaired) electrons. The van der Waals surface area contributed by atoms with Gasteiger partial charge in [-0.1, -0.05) is 35.9 Å². The Balaban J connectivity index is 1.71. The second-order valence-corrected chi connectivity index (χ2v) is 11.9. The molecule has 8 heteroatoms. The molecule has 4 rings (SSSR count). The van der Waals surface area contributed by atoms with E-state index < -0.39 is 31.0 Å². The molecule has 0 aromatic heterocycles. The Morgan fingerprint density at radius 2 is 1.57 bits per heavy atom. The van der Waals surface area contributed by atoms with Crippen molar-refractivity contribution in [1.29, 1.82) is 0 Å². The van der Waals surface area contributed by atoms with Gasteiger partial charge < -0.3 is 0 Å². The minimum Gasteiger partial charge on any atom is -0.295 e. The molecule has 1 aliphatic heterocycles. The van der Waals surface area contributed by atoms with Crippen LogP contribution >= 0.6 is 0 Å². The Morgan fingerprint density at radius 3 is 2.23 bits per heavy atom. The Morgan fingerprint density at radius 1 is 0.900 bits per heavy atom. The molecule has 2 atom stereocenters. The van der Waals surface area contributed by atoms with E-state index in [1.165, 1.54) is 22.5 Å². The molecule has 2 aliphatic rings. The van der Waals surface area contributed by atoms with Crippen molar-refractivity contribution in [2.45, 2.75) is 34.8 Å². The number of sulfone groups is 1. The van der Waals surface area contributed by atoms with Gasteiger partial charge in [-0.2, -0.15) is 4.31 Å². The molecular formula is C22H23NO5S2. The van der Waals surface area contributed by atoms with Crippen LogP contribution in [0.2, 0.25) is 0 Å². The molecule has 0 amide bonds. The highest BCUT2D eigenvalue weighted by atomic mass is 32.2. The van der Waals surface area contributed by atoms with Crippen molar-refractivity contribution in [1.82, 2.24) is 4.31 Å². The second-order valence-electron chi connectivity index (χ2n) is 7.82. The van der Waals surface area contributed by atoms with E-state index in [0.717, 1.165) is 5.56 Å². The lowest BCUT2D eigenvalue weighted by atomic mass is 9.99. The summed E-state index contributed by atoms with van der Waals surface area (Å²) in [5, 5.41) is -0.908. The van der Waals surface area contributed by atoms with Crippen LogP contribution in [-0.4, -0.2) is 45.3 Å². The lowest BCUT2D eigenvalue weighted by Crippen LogP contribution is -2.34. The molecule has 0 bridgehead atoms. The summed E-state index contributed by atoms with van der Waals surface area (Å²) in [6.45, 7) is 2.06. The standard InChI is InChI=1S/C22H23NO5S2/c1-16-7-9-20(10-8-16)30(27,28)23-12-11-22(21-14-18(24)13-17(21)15-23)29(25,26)19-5-3-2-4-6-19/h2-10,14,17,22H,11-13,15H2,1H3/t17-,22?/m1/s1. The Bertz CT molecular complexity index is 1200. The smallest absolute Gasteiger partial charge is 0.243 e. The van der Waals surface area contributed by atoms with Gasteiger partial charge >= 0.3 is 0 Å². The normalized spacial score (nSPS) is 23.0. The monoisotopic (exact) mass is 445 g/mol. The lowest BCUT2D eigenvalue weighted by molar-refractivity contribution is -0.114. The van der Waals surface area contributed by atoms with Gasteiger partial charge in [-0.25, -0.2) is 16.8 Å². The molecule has 1 unspecified atom stereocenters. The number of hydrogen-bond acceptors (Lipinski definition) is 5. The van der Waals surface area contributed by atoms with Crippen LogP contribution in [0.1, 0.15) is 18.4 Å². The highest BCUT2D eigenvalue weighted by Crippen LogP contribution is 2.38. The van der Waals surface area contributed by atoms with E-state index in [1.54, 1.807) is 42.5 Å². The van der Waals surface area contributed by atoms with Crippen molar-refractivity contribution in [3.63, 3.8) is 0 Å². The zero-order valence-electron chi connectivity index (χ0n) is 16.6. The quantitative estimate of drug-likeness (QED) is 0.722. The van der Waals surface area contributed by atoms with E-state index in [9.17, 15) is 21.6 Å². The summed E-state index contributed by atoms with van der Waals surface area (Å²) >= 11 is 0. The molecule has 0 saturated carbocycles. The van der Waals surface area contributed by atoms with Gasteiger partial charge in [-0.15, -0.1) is 0 Å². The number of aryl methyl sites for hydroxylation is 1. The van der Waals surface area contributed by atoms with Crippen LogP contribution in [0.5, 0.6) is 0 Å². The van der Waals surface area contributed by atoms with Crippen LogP contribution in [0.3, 0.4) is 0 Å². The molecule has 0 N–H and O–H groups in total. The molecule has 30 heavy (non-hydrogen) atoms. The van der Waals surface area contributed by atoms with Crippen molar-refractivity contribution in [3.05, 3.63) is 71.8 Å². The number of benzene rings is 2. The van der Waals surface area contributed by atoms with Crippen LogP contribution in [0.15, 0.2) is 76.0 Å². The minimum absolute atomic E-state index is 0.0783. The Kier molecular flexibility index (Phi) is 5.42. The van der Waals surface area contributed by atoms with Gasteiger partial charge in [0.1, 0.15) is 0 Å².